The summed E-state index contributed by atoms with van der Waals surface area (Å²) in [6, 6.07) is 5.40. The van der Waals surface area contributed by atoms with E-state index in [4.69, 9.17) is 4.74 Å². The molecule has 0 unspecified atom stereocenters. The Morgan fingerprint density at radius 1 is 0.957 bits per heavy atom. The molecule has 0 aliphatic carbocycles. The fourth-order valence-corrected chi connectivity index (χ4v) is 3.87. The van der Waals surface area contributed by atoms with E-state index in [9.17, 15) is 26.0 Å². The van der Waals surface area contributed by atoms with Crippen LogP contribution in [0.2, 0.25) is 0 Å². The molecule has 124 valence electrons. The molecule has 0 bridgehead atoms. The van der Waals surface area contributed by atoms with Crippen LogP contribution >= 0.6 is 15.9 Å². The molecule has 2 aromatic carbocycles. The van der Waals surface area contributed by atoms with Crippen LogP contribution in [0, 0.1) is 23.3 Å². The van der Waals surface area contributed by atoms with Crippen LogP contribution in [0.25, 0.3) is 0 Å². The molecule has 0 atom stereocenters. The zero-order valence-corrected chi connectivity index (χ0v) is 13.7. The number of halogens is 5. The molecular formula is C13H8BrF4NO3S. The zero-order chi connectivity index (χ0) is 17.4. The van der Waals surface area contributed by atoms with Crippen LogP contribution in [0.5, 0.6) is 5.75 Å². The summed E-state index contributed by atoms with van der Waals surface area (Å²) in [4.78, 5) is -1.37. The number of nitrogens with one attached hydrogen (secondary N) is 1. The summed E-state index contributed by atoms with van der Waals surface area (Å²) >= 11 is 2.43. The van der Waals surface area contributed by atoms with E-state index in [1.54, 1.807) is 0 Å². The third-order valence-electron chi connectivity index (χ3n) is 2.78. The number of sulfonamides is 1. The van der Waals surface area contributed by atoms with Crippen molar-refractivity contribution >= 4 is 31.6 Å². The first kappa shape index (κ1) is 17.5. The van der Waals surface area contributed by atoms with Crippen LogP contribution in [0.1, 0.15) is 0 Å². The standard InChI is InChI=1S/C13H8BrF4NO3S/c1-22-7-4-2-6(3-5-7)19-23(20,21)13-8(14)9(15)10(16)11(17)12(13)18/h2-5,19H,1H3. The van der Waals surface area contributed by atoms with Crippen LogP contribution in [-0.4, -0.2) is 15.5 Å². The summed E-state index contributed by atoms with van der Waals surface area (Å²) in [5, 5.41) is 0. The SMILES string of the molecule is COc1ccc(NS(=O)(=O)c2c(F)c(F)c(F)c(F)c2Br)cc1. The number of hydrogen-bond acceptors (Lipinski definition) is 3. The van der Waals surface area contributed by atoms with Gasteiger partial charge in [0.2, 0.25) is 0 Å². The smallest absolute Gasteiger partial charge is 0.266 e. The maximum Gasteiger partial charge on any atom is 0.266 e. The maximum absolute atomic E-state index is 13.8. The summed E-state index contributed by atoms with van der Waals surface area (Å²) in [7, 11) is -3.32. The Balaban J connectivity index is 2.51. The predicted molar refractivity (Wildman–Crippen MR) is 77.8 cm³/mol. The Labute approximate surface area is 137 Å². The van der Waals surface area contributed by atoms with Gasteiger partial charge >= 0.3 is 0 Å². The van der Waals surface area contributed by atoms with Crippen LogP contribution in [0.4, 0.5) is 23.2 Å². The van der Waals surface area contributed by atoms with Gasteiger partial charge in [0.15, 0.2) is 23.3 Å². The molecule has 2 aromatic rings. The van der Waals surface area contributed by atoms with E-state index in [0.29, 0.717) is 5.75 Å². The minimum atomic E-state index is -4.72. The highest BCUT2D eigenvalue weighted by Crippen LogP contribution is 2.33. The Kier molecular flexibility index (Phi) is 4.85. The van der Waals surface area contributed by atoms with Gasteiger partial charge in [-0.2, -0.15) is 0 Å². The molecule has 0 amide bonds. The van der Waals surface area contributed by atoms with Crippen molar-refractivity contribution in [1.29, 1.82) is 0 Å². The van der Waals surface area contributed by atoms with Gasteiger partial charge in [-0.05, 0) is 40.2 Å². The summed E-state index contributed by atoms with van der Waals surface area (Å²) < 4.78 is 83.7. The van der Waals surface area contributed by atoms with Crippen molar-refractivity contribution in [2.24, 2.45) is 0 Å². The van der Waals surface area contributed by atoms with Crippen molar-refractivity contribution in [2.75, 3.05) is 11.8 Å². The Bertz CT molecular complexity index is 828. The fraction of sp³-hybridized carbons (Fsp3) is 0.0769. The van der Waals surface area contributed by atoms with E-state index in [1.165, 1.54) is 31.4 Å². The van der Waals surface area contributed by atoms with Crippen LogP contribution in [0.3, 0.4) is 0 Å². The Morgan fingerprint density at radius 3 is 2.00 bits per heavy atom. The van der Waals surface area contributed by atoms with E-state index >= 15 is 0 Å². The first-order chi connectivity index (χ1) is 10.7. The molecule has 0 heterocycles. The summed E-state index contributed by atoms with van der Waals surface area (Å²) in [5.74, 6) is -7.78. The van der Waals surface area contributed by atoms with Crippen molar-refractivity contribution in [2.45, 2.75) is 4.90 Å². The summed E-state index contributed by atoms with van der Waals surface area (Å²) in [6.45, 7) is 0. The molecule has 23 heavy (non-hydrogen) atoms. The Morgan fingerprint density at radius 2 is 1.48 bits per heavy atom. The van der Waals surface area contributed by atoms with Crippen LogP contribution < -0.4 is 9.46 Å². The third kappa shape index (κ3) is 3.27. The highest BCUT2D eigenvalue weighted by atomic mass is 79.9. The molecule has 0 saturated carbocycles. The molecule has 0 fully saturated rings. The molecule has 4 nitrogen and oxygen atoms in total. The largest absolute Gasteiger partial charge is 0.497 e. The molecule has 0 aliphatic rings. The topological polar surface area (TPSA) is 55.4 Å². The molecule has 0 aromatic heterocycles. The monoisotopic (exact) mass is 413 g/mol. The average Bonchev–Trinajstić information content (AvgIpc) is 2.51. The van der Waals surface area contributed by atoms with Gasteiger partial charge in [0.25, 0.3) is 10.0 Å². The van der Waals surface area contributed by atoms with Gasteiger partial charge in [-0.15, -0.1) is 0 Å². The maximum atomic E-state index is 13.8. The molecule has 10 heteroatoms. The van der Waals surface area contributed by atoms with E-state index in [-0.39, 0.29) is 5.69 Å². The van der Waals surface area contributed by atoms with Crippen molar-refractivity contribution in [1.82, 2.24) is 0 Å². The molecule has 2 rings (SSSR count). The van der Waals surface area contributed by atoms with Gasteiger partial charge in [0.05, 0.1) is 11.6 Å². The van der Waals surface area contributed by atoms with Gasteiger partial charge in [0, 0.05) is 5.69 Å². The average molecular weight is 414 g/mol. The lowest BCUT2D eigenvalue weighted by Crippen LogP contribution is -2.18. The first-order valence-electron chi connectivity index (χ1n) is 5.87. The third-order valence-corrected chi connectivity index (χ3v) is 5.21. The lowest BCUT2D eigenvalue weighted by molar-refractivity contribution is 0.393. The second-order valence-electron chi connectivity index (χ2n) is 4.23. The van der Waals surface area contributed by atoms with Gasteiger partial charge in [-0.1, -0.05) is 0 Å². The second-order valence-corrected chi connectivity index (χ2v) is 6.65. The van der Waals surface area contributed by atoms with E-state index < -0.39 is 42.7 Å². The minimum absolute atomic E-state index is 0.0118. The number of hydrogen-bond donors (Lipinski definition) is 1. The first-order valence-corrected chi connectivity index (χ1v) is 8.15. The molecule has 0 saturated heterocycles. The summed E-state index contributed by atoms with van der Waals surface area (Å²) in [6.07, 6.45) is 0. The molecule has 1 N–H and O–H groups in total. The number of anilines is 1. The van der Waals surface area contributed by atoms with Gasteiger partial charge in [0.1, 0.15) is 10.6 Å². The van der Waals surface area contributed by atoms with Gasteiger partial charge in [-0.3, -0.25) is 4.72 Å². The fourth-order valence-electron chi connectivity index (χ4n) is 1.69. The van der Waals surface area contributed by atoms with Crippen molar-refractivity contribution in [3.63, 3.8) is 0 Å². The number of methoxy groups -OCH3 is 1. The number of ether oxygens (including phenoxy) is 1. The molecular weight excluding hydrogens is 406 g/mol. The second kappa shape index (κ2) is 6.36. The lowest BCUT2D eigenvalue weighted by atomic mass is 10.3. The van der Waals surface area contributed by atoms with Crippen molar-refractivity contribution in [3.8, 4) is 5.75 Å². The quantitative estimate of drug-likeness (QED) is 0.471. The number of rotatable bonds is 4. The summed E-state index contributed by atoms with van der Waals surface area (Å²) in [5.41, 5.74) is -0.0118. The van der Waals surface area contributed by atoms with Crippen LogP contribution in [-0.2, 0) is 10.0 Å². The zero-order valence-electron chi connectivity index (χ0n) is 11.3. The molecule has 0 radical (unpaired) electrons. The molecule has 0 aliphatic heterocycles. The predicted octanol–water partition coefficient (Wildman–Crippen LogP) is 3.81. The van der Waals surface area contributed by atoms with Gasteiger partial charge in [-0.25, -0.2) is 26.0 Å². The van der Waals surface area contributed by atoms with Crippen molar-refractivity contribution < 1.29 is 30.7 Å². The van der Waals surface area contributed by atoms with Crippen LogP contribution in [0.15, 0.2) is 33.6 Å². The van der Waals surface area contributed by atoms with Gasteiger partial charge < -0.3 is 4.74 Å². The van der Waals surface area contributed by atoms with E-state index in [1.807, 2.05) is 4.72 Å². The lowest BCUT2D eigenvalue weighted by Gasteiger charge is -2.12. The van der Waals surface area contributed by atoms with E-state index in [0.717, 1.165) is 0 Å². The van der Waals surface area contributed by atoms with Crippen molar-refractivity contribution in [3.05, 3.63) is 52.0 Å². The number of benzene rings is 2. The Hall–Kier alpha value is -1.81. The highest BCUT2D eigenvalue weighted by molar-refractivity contribution is 9.10. The normalized spacial score (nSPS) is 11.4. The molecule has 0 spiro atoms. The minimum Gasteiger partial charge on any atom is -0.497 e. The van der Waals surface area contributed by atoms with E-state index in [2.05, 4.69) is 15.9 Å². The highest BCUT2D eigenvalue weighted by Gasteiger charge is 2.32.